The van der Waals surface area contributed by atoms with Crippen molar-refractivity contribution in [3.05, 3.63) is 86.0 Å². The number of nitrogens with zero attached hydrogens (tertiary/aromatic N) is 2. The lowest BCUT2D eigenvalue weighted by atomic mass is 10.1. The van der Waals surface area contributed by atoms with Crippen LogP contribution in [0.4, 0.5) is 10.1 Å². The van der Waals surface area contributed by atoms with Gasteiger partial charge in [-0.05, 0) is 109 Å². The zero-order chi connectivity index (χ0) is 21.1. The number of rotatable bonds is 4. The molecule has 6 heteroatoms. The Kier molecular flexibility index (Phi) is 6.18. The van der Waals surface area contributed by atoms with Gasteiger partial charge >= 0.3 is 0 Å². The second-order valence-electron chi connectivity index (χ2n) is 6.73. The third-order valence-corrected chi connectivity index (χ3v) is 5.85. The number of hydrogen-bond acceptors (Lipinski definition) is 2. The predicted molar refractivity (Wildman–Crippen MR) is 121 cm³/mol. The Hall–Kier alpha value is -2.92. The fourth-order valence-electron chi connectivity index (χ4n) is 3.13. The number of carbonyl (C=O) groups is 1. The summed E-state index contributed by atoms with van der Waals surface area (Å²) in [5.74, 6) is -0.925. The molecule has 0 aliphatic rings. The summed E-state index contributed by atoms with van der Waals surface area (Å²) in [6.07, 6.45) is 1.58. The van der Waals surface area contributed by atoms with Gasteiger partial charge in [-0.3, -0.25) is 4.79 Å². The molecule has 1 amide bonds. The van der Waals surface area contributed by atoms with E-state index in [1.165, 1.54) is 33.4 Å². The van der Waals surface area contributed by atoms with E-state index >= 15 is 0 Å². The number of carbonyl (C=O) groups excluding carboxylic acids is 1. The summed E-state index contributed by atoms with van der Waals surface area (Å²) >= 11 is 2.30. The van der Waals surface area contributed by atoms with Gasteiger partial charge in [-0.25, -0.2) is 4.39 Å². The Morgan fingerprint density at radius 2 is 1.83 bits per heavy atom. The molecule has 4 nitrogen and oxygen atoms in total. The van der Waals surface area contributed by atoms with Crippen molar-refractivity contribution in [3.63, 3.8) is 0 Å². The normalized spacial score (nSPS) is 11.2. The van der Waals surface area contributed by atoms with E-state index in [9.17, 15) is 14.4 Å². The molecule has 0 saturated carbocycles. The van der Waals surface area contributed by atoms with Gasteiger partial charge in [-0.2, -0.15) is 5.26 Å². The molecule has 3 aromatic rings. The summed E-state index contributed by atoms with van der Waals surface area (Å²) in [6, 6.07) is 15.5. The third kappa shape index (κ3) is 4.57. The van der Waals surface area contributed by atoms with Crippen LogP contribution in [0.5, 0.6) is 0 Å². The average molecular weight is 499 g/mol. The zero-order valence-corrected chi connectivity index (χ0v) is 18.4. The zero-order valence-electron chi connectivity index (χ0n) is 16.3. The van der Waals surface area contributed by atoms with Gasteiger partial charge in [0.15, 0.2) is 0 Å². The number of nitriles is 1. The number of amides is 1. The summed E-state index contributed by atoms with van der Waals surface area (Å²) in [4.78, 5) is 12.5. The highest BCUT2D eigenvalue weighted by molar-refractivity contribution is 14.1. The molecule has 146 valence electrons. The second kappa shape index (κ2) is 8.62. The fourth-order valence-corrected chi connectivity index (χ4v) is 3.47. The van der Waals surface area contributed by atoms with Crippen LogP contribution in [0.1, 0.15) is 22.5 Å². The van der Waals surface area contributed by atoms with Crippen LogP contribution in [-0.4, -0.2) is 10.5 Å². The van der Waals surface area contributed by atoms with Crippen LogP contribution in [-0.2, 0) is 4.79 Å². The Morgan fingerprint density at radius 3 is 2.45 bits per heavy atom. The summed E-state index contributed by atoms with van der Waals surface area (Å²) in [7, 11) is 0. The Labute approximate surface area is 182 Å². The molecule has 29 heavy (non-hydrogen) atoms. The predicted octanol–water partition coefficient (Wildman–Crippen LogP) is 5.69. The minimum absolute atomic E-state index is 0.0200. The monoisotopic (exact) mass is 499 g/mol. The lowest BCUT2D eigenvalue weighted by Crippen LogP contribution is -2.13. The van der Waals surface area contributed by atoms with E-state index in [0.29, 0.717) is 5.69 Å². The minimum Gasteiger partial charge on any atom is -0.321 e. The van der Waals surface area contributed by atoms with Crippen molar-refractivity contribution in [1.82, 2.24) is 4.57 Å². The maximum atomic E-state index is 13.0. The number of benzene rings is 2. The average Bonchev–Trinajstić information content (AvgIpc) is 2.97. The van der Waals surface area contributed by atoms with E-state index in [1.807, 2.05) is 26.0 Å². The quantitative estimate of drug-likeness (QED) is 0.285. The molecular weight excluding hydrogens is 480 g/mol. The van der Waals surface area contributed by atoms with Crippen molar-refractivity contribution in [1.29, 1.82) is 5.26 Å². The summed E-state index contributed by atoms with van der Waals surface area (Å²) in [6.45, 7) is 6.01. The molecule has 1 N–H and O–H groups in total. The number of halogens is 2. The highest BCUT2D eigenvalue weighted by atomic mass is 127. The third-order valence-electron chi connectivity index (χ3n) is 4.64. The van der Waals surface area contributed by atoms with Crippen LogP contribution in [0.2, 0.25) is 0 Å². The van der Waals surface area contributed by atoms with Crippen LogP contribution < -0.4 is 5.32 Å². The van der Waals surface area contributed by atoms with E-state index in [0.717, 1.165) is 22.6 Å². The standard InChI is InChI=1S/C23H19FIN3O/c1-14-10-21(8-9-22(14)25)28-15(2)11-17(16(28)3)12-18(13-26)23(29)27-20-6-4-19(24)5-7-20/h4-12H,1-3H3,(H,27,29). The van der Waals surface area contributed by atoms with Crippen LogP contribution in [0.3, 0.4) is 0 Å². The van der Waals surface area contributed by atoms with Crippen molar-refractivity contribution in [3.8, 4) is 11.8 Å². The molecule has 0 radical (unpaired) electrons. The van der Waals surface area contributed by atoms with Crippen molar-refractivity contribution in [2.45, 2.75) is 20.8 Å². The largest absolute Gasteiger partial charge is 0.321 e. The maximum Gasteiger partial charge on any atom is 0.266 e. The van der Waals surface area contributed by atoms with E-state index in [4.69, 9.17) is 0 Å². The summed E-state index contributed by atoms with van der Waals surface area (Å²) in [5.41, 5.74) is 5.36. The number of aromatic nitrogens is 1. The van der Waals surface area contributed by atoms with E-state index in [1.54, 1.807) is 6.08 Å². The van der Waals surface area contributed by atoms with Crippen molar-refractivity contribution >= 4 is 40.3 Å². The Balaban J connectivity index is 1.94. The molecule has 0 aliphatic heterocycles. The minimum atomic E-state index is -0.533. The molecule has 0 unspecified atom stereocenters. The van der Waals surface area contributed by atoms with Gasteiger partial charge < -0.3 is 9.88 Å². The van der Waals surface area contributed by atoms with Crippen LogP contribution in [0.25, 0.3) is 11.8 Å². The maximum absolute atomic E-state index is 13.0. The SMILES string of the molecule is Cc1cc(-n2c(C)cc(C=C(C#N)C(=O)Nc3ccc(F)cc3)c2C)ccc1I. The number of aryl methyl sites for hydroxylation is 2. The molecule has 0 bridgehead atoms. The lowest BCUT2D eigenvalue weighted by molar-refractivity contribution is -0.112. The van der Waals surface area contributed by atoms with Gasteiger partial charge in [0.1, 0.15) is 17.5 Å². The number of nitrogens with one attached hydrogen (secondary N) is 1. The van der Waals surface area contributed by atoms with Gasteiger partial charge in [0.05, 0.1) is 0 Å². The summed E-state index contributed by atoms with van der Waals surface area (Å²) < 4.78 is 16.3. The molecular formula is C23H19FIN3O. The first-order chi connectivity index (χ1) is 13.8. The van der Waals surface area contributed by atoms with Gasteiger partial charge in [-0.1, -0.05) is 0 Å². The molecule has 1 heterocycles. The van der Waals surface area contributed by atoms with Crippen molar-refractivity contribution in [2.24, 2.45) is 0 Å². The molecule has 1 aromatic heterocycles. The fraction of sp³-hybridized carbons (Fsp3) is 0.130. The van der Waals surface area contributed by atoms with E-state index in [-0.39, 0.29) is 5.57 Å². The van der Waals surface area contributed by atoms with Gasteiger partial charge in [0.2, 0.25) is 0 Å². The molecule has 0 spiro atoms. The molecule has 3 rings (SSSR count). The first-order valence-electron chi connectivity index (χ1n) is 8.94. The lowest BCUT2D eigenvalue weighted by Gasteiger charge is -2.11. The van der Waals surface area contributed by atoms with Crippen LogP contribution in [0.15, 0.2) is 54.1 Å². The van der Waals surface area contributed by atoms with Crippen LogP contribution in [0, 0.1) is 41.5 Å². The van der Waals surface area contributed by atoms with Crippen LogP contribution >= 0.6 is 22.6 Å². The van der Waals surface area contributed by atoms with Gasteiger partial charge in [-0.15, -0.1) is 0 Å². The van der Waals surface area contributed by atoms with Crippen molar-refractivity contribution in [2.75, 3.05) is 5.32 Å². The summed E-state index contributed by atoms with van der Waals surface area (Å²) in [5, 5.41) is 12.1. The first-order valence-corrected chi connectivity index (χ1v) is 10.0. The number of anilines is 1. The van der Waals surface area contributed by atoms with E-state index in [2.05, 4.69) is 57.6 Å². The Bertz CT molecular complexity index is 1150. The highest BCUT2D eigenvalue weighted by Gasteiger charge is 2.14. The molecule has 0 saturated heterocycles. The first kappa shape index (κ1) is 20.8. The highest BCUT2D eigenvalue weighted by Crippen LogP contribution is 2.25. The molecule has 2 aromatic carbocycles. The number of hydrogen-bond donors (Lipinski definition) is 1. The van der Waals surface area contributed by atoms with Gasteiger partial charge in [0, 0.05) is 26.3 Å². The second-order valence-corrected chi connectivity index (χ2v) is 7.89. The molecule has 0 aliphatic carbocycles. The molecule has 0 fully saturated rings. The molecule has 0 atom stereocenters. The van der Waals surface area contributed by atoms with E-state index < -0.39 is 11.7 Å². The topological polar surface area (TPSA) is 57.8 Å². The smallest absolute Gasteiger partial charge is 0.266 e. The Morgan fingerprint density at radius 1 is 1.14 bits per heavy atom. The van der Waals surface area contributed by atoms with Gasteiger partial charge in [0.25, 0.3) is 5.91 Å². The van der Waals surface area contributed by atoms with Crippen molar-refractivity contribution < 1.29 is 9.18 Å².